The van der Waals surface area contributed by atoms with Gasteiger partial charge in [-0.05, 0) is 36.6 Å². The van der Waals surface area contributed by atoms with Crippen LogP contribution in [0.15, 0.2) is 36.9 Å². The number of aliphatic hydroxyl groups excluding tert-OH is 1. The van der Waals surface area contributed by atoms with Crippen LogP contribution < -0.4 is 0 Å². The lowest BCUT2D eigenvalue weighted by Crippen LogP contribution is -1.90. The number of nitrogens with zero attached hydrogens (tertiary/aromatic N) is 2. The highest BCUT2D eigenvalue weighted by Crippen LogP contribution is 2.03. The van der Waals surface area contributed by atoms with Gasteiger partial charge in [0.15, 0.2) is 0 Å². The van der Waals surface area contributed by atoms with E-state index >= 15 is 0 Å². The second-order valence-corrected chi connectivity index (χ2v) is 3.91. The van der Waals surface area contributed by atoms with Crippen LogP contribution in [0.25, 0.3) is 0 Å². The van der Waals surface area contributed by atoms with Gasteiger partial charge in [0.05, 0.1) is 0 Å². The van der Waals surface area contributed by atoms with E-state index in [1.165, 1.54) is 11.8 Å². The minimum atomic E-state index is 0.873. The zero-order chi connectivity index (χ0) is 20.1. The van der Waals surface area contributed by atoms with Gasteiger partial charge in [-0.1, -0.05) is 40.5 Å². The summed E-state index contributed by atoms with van der Waals surface area (Å²) < 4.78 is 0. The molecule has 0 aliphatic rings. The van der Waals surface area contributed by atoms with Crippen LogP contribution in [0.2, 0.25) is 0 Å². The van der Waals surface area contributed by atoms with Crippen LogP contribution in [0.5, 0.6) is 0 Å². The monoisotopic (exact) mass is 343 g/mol. The van der Waals surface area contributed by atoms with E-state index < -0.39 is 0 Å². The predicted octanol–water partition coefficient (Wildman–Crippen LogP) is 4.67. The van der Waals surface area contributed by atoms with Gasteiger partial charge in [0, 0.05) is 49.2 Å². The van der Waals surface area contributed by atoms with Crippen molar-refractivity contribution in [2.75, 3.05) is 7.11 Å². The number of aliphatic hydroxyl groups is 1. The molecule has 0 spiro atoms. The molecule has 0 aliphatic heterocycles. The molecule has 0 aromatic carbocycles. The summed E-state index contributed by atoms with van der Waals surface area (Å²) in [5.74, 6) is 2.53. The van der Waals surface area contributed by atoms with Crippen molar-refractivity contribution in [1.29, 1.82) is 5.41 Å². The molecular formula is C21H33N3O. The van der Waals surface area contributed by atoms with Crippen LogP contribution in [0.4, 0.5) is 0 Å². The second-order valence-electron chi connectivity index (χ2n) is 3.91. The molecule has 0 saturated heterocycles. The van der Waals surface area contributed by atoms with E-state index in [9.17, 15) is 0 Å². The molecule has 0 aliphatic carbocycles. The van der Waals surface area contributed by atoms with Crippen molar-refractivity contribution < 1.29 is 5.11 Å². The lowest BCUT2D eigenvalue weighted by Gasteiger charge is -1.98. The number of terminal acetylenes is 1. The van der Waals surface area contributed by atoms with Gasteiger partial charge in [-0.3, -0.25) is 9.97 Å². The summed E-state index contributed by atoms with van der Waals surface area (Å²) in [4.78, 5) is 7.79. The first-order valence-electron chi connectivity index (χ1n) is 8.48. The zero-order valence-corrected chi connectivity index (χ0v) is 16.7. The van der Waals surface area contributed by atoms with Crippen molar-refractivity contribution in [3.8, 4) is 12.3 Å². The molecule has 0 saturated carbocycles. The molecule has 0 bridgehead atoms. The van der Waals surface area contributed by atoms with Crippen LogP contribution in [0.1, 0.15) is 56.9 Å². The maximum absolute atomic E-state index is 7.02. The van der Waals surface area contributed by atoms with Crippen LogP contribution in [0.3, 0.4) is 0 Å². The highest BCUT2D eigenvalue weighted by atomic mass is 16.2. The molecule has 0 radical (unpaired) electrons. The first-order chi connectivity index (χ1) is 12.2. The van der Waals surface area contributed by atoms with Gasteiger partial charge < -0.3 is 10.5 Å². The van der Waals surface area contributed by atoms with Crippen molar-refractivity contribution in [3.63, 3.8) is 0 Å². The van der Waals surface area contributed by atoms with Gasteiger partial charge in [-0.2, -0.15) is 0 Å². The molecule has 2 rings (SSSR count). The Morgan fingerprint density at radius 1 is 1.08 bits per heavy atom. The largest absolute Gasteiger partial charge is 0.400 e. The van der Waals surface area contributed by atoms with Gasteiger partial charge in [0.2, 0.25) is 0 Å². The van der Waals surface area contributed by atoms with Gasteiger partial charge >= 0.3 is 0 Å². The number of hydrogen-bond acceptors (Lipinski definition) is 4. The second kappa shape index (κ2) is 21.5. The summed E-state index contributed by atoms with van der Waals surface area (Å²) in [5, 5.41) is 14.0. The maximum Gasteiger partial charge on any atom is 0.0455 e. The average molecular weight is 344 g/mol. The molecule has 2 aromatic rings. The minimum absolute atomic E-state index is 0.873. The molecule has 2 heterocycles. The summed E-state index contributed by atoms with van der Waals surface area (Å²) in [7, 11) is 1.00. The Labute approximate surface area is 153 Å². The minimum Gasteiger partial charge on any atom is -0.400 e. The molecule has 4 nitrogen and oxygen atoms in total. The SMILES string of the molecule is C#Cc1cnccc1C.CC.CC.CCc1ccncc1C=N.CO. The number of rotatable bonds is 2. The van der Waals surface area contributed by atoms with Gasteiger partial charge in [-0.15, -0.1) is 6.42 Å². The maximum atomic E-state index is 7.02. The first-order valence-corrected chi connectivity index (χ1v) is 8.48. The zero-order valence-electron chi connectivity index (χ0n) is 16.7. The molecule has 0 amide bonds. The Kier molecular flexibility index (Phi) is 23.5. The Bertz CT molecular complexity index is 590. The molecule has 2 N–H and O–H groups in total. The average Bonchev–Trinajstić information content (AvgIpc) is 2.73. The molecule has 2 aromatic heterocycles. The predicted molar refractivity (Wildman–Crippen MR) is 109 cm³/mol. The summed E-state index contributed by atoms with van der Waals surface area (Å²) in [6.45, 7) is 12.0. The number of hydrogen-bond donors (Lipinski definition) is 2. The molecule has 138 valence electrons. The molecule has 0 unspecified atom stereocenters. The quantitative estimate of drug-likeness (QED) is 0.615. The number of nitrogens with one attached hydrogen (secondary N) is 1. The lowest BCUT2D eigenvalue weighted by molar-refractivity contribution is 0.399. The van der Waals surface area contributed by atoms with Crippen LogP contribution in [-0.2, 0) is 6.42 Å². The fraction of sp³-hybridized carbons (Fsp3) is 0.381. The van der Waals surface area contributed by atoms with Crippen molar-refractivity contribution >= 4 is 6.21 Å². The van der Waals surface area contributed by atoms with Gasteiger partial charge in [-0.25, -0.2) is 0 Å². The Morgan fingerprint density at radius 3 is 1.96 bits per heavy atom. The van der Waals surface area contributed by atoms with Crippen LogP contribution >= 0.6 is 0 Å². The highest BCUT2D eigenvalue weighted by Gasteiger charge is 1.93. The lowest BCUT2D eigenvalue weighted by atomic mass is 10.1. The number of aryl methyl sites for hydroxylation is 2. The van der Waals surface area contributed by atoms with E-state index in [-0.39, 0.29) is 0 Å². The Hall–Kier alpha value is -2.51. The topological polar surface area (TPSA) is 69.9 Å². The first kappa shape index (κ1) is 27.3. The van der Waals surface area contributed by atoms with Crippen molar-refractivity contribution in [2.24, 2.45) is 0 Å². The van der Waals surface area contributed by atoms with Crippen molar-refractivity contribution in [1.82, 2.24) is 9.97 Å². The van der Waals surface area contributed by atoms with E-state index in [2.05, 4.69) is 22.8 Å². The Morgan fingerprint density at radius 2 is 1.60 bits per heavy atom. The fourth-order valence-electron chi connectivity index (χ4n) is 1.50. The van der Waals surface area contributed by atoms with Gasteiger partial charge in [0.1, 0.15) is 0 Å². The van der Waals surface area contributed by atoms with Gasteiger partial charge in [0.25, 0.3) is 0 Å². The summed E-state index contributed by atoms with van der Waals surface area (Å²) in [6.07, 6.45) is 14.4. The molecular weight excluding hydrogens is 310 g/mol. The number of pyridine rings is 2. The van der Waals surface area contributed by atoms with E-state index in [0.717, 1.165) is 30.2 Å². The fourth-order valence-corrected chi connectivity index (χ4v) is 1.50. The third kappa shape index (κ3) is 12.6. The van der Waals surface area contributed by atoms with E-state index in [0.29, 0.717) is 0 Å². The summed E-state index contributed by atoms with van der Waals surface area (Å²) in [5.41, 5.74) is 4.08. The third-order valence-electron chi connectivity index (χ3n) is 2.68. The molecule has 0 atom stereocenters. The summed E-state index contributed by atoms with van der Waals surface area (Å²) >= 11 is 0. The molecule has 4 heteroatoms. The number of aromatic nitrogens is 2. The van der Waals surface area contributed by atoms with Crippen LogP contribution in [0, 0.1) is 24.7 Å². The Balaban J connectivity index is -0.000000299. The highest BCUT2D eigenvalue weighted by molar-refractivity contribution is 5.78. The third-order valence-corrected chi connectivity index (χ3v) is 2.68. The van der Waals surface area contributed by atoms with Crippen molar-refractivity contribution in [3.05, 3.63) is 59.2 Å². The molecule has 25 heavy (non-hydrogen) atoms. The smallest absolute Gasteiger partial charge is 0.0455 e. The van der Waals surface area contributed by atoms with Crippen molar-refractivity contribution in [2.45, 2.75) is 48.0 Å². The van der Waals surface area contributed by atoms with E-state index in [4.69, 9.17) is 16.9 Å². The summed E-state index contributed by atoms with van der Waals surface area (Å²) in [6, 6.07) is 3.84. The molecule has 0 fully saturated rings. The van der Waals surface area contributed by atoms with E-state index in [1.807, 2.05) is 46.8 Å². The van der Waals surface area contributed by atoms with Crippen LogP contribution in [-0.4, -0.2) is 28.4 Å². The van der Waals surface area contributed by atoms with E-state index in [1.54, 1.807) is 24.8 Å². The normalized spacial score (nSPS) is 7.48. The standard InChI is InChI=1S/C8H10N2.C8H7N.2C2H6.CH4O/c1-2-7-3-4-10-6-8(7)5-9;1-3-8-6-9-5-4-7(8)2;3*1-2/h3-6,9H,2H2,1H3;1,4-6H,2H3;2*1-2H3;2H,1H3.